The number of rotatable bonds is 3. The molecule has 0 radical (unpaired) electrons. The van der Waals surface area contributed by atoms with Crippen molar-refractivity contribution in [2.24, 2.45) is 0 Å². The summed E-state index contributed by atoms with van der Waals surface area (Å²) in [5, 5.41) is 4.30. The van der Waals surface area contributed by atoms with Gasteiger partial charge in [0.2, 0.25) is 0 Å². The predicted octanol–water partition coefficient (Wildman–Crippen LogP) is 3.34. The summed E-state index contributed by atoms with van der Waals surface area (Å²) in [5.41, 5.74) is 1.62. The van der Waals surface area contributed by atoms with Crippen molar-refractivity contribution in [3.05, 3.63) is 48.3 Å². The van der Waals surface area contributed by atoms with Crippen LogP contribution in [0.25, 0.3) is 5.69 Å². The second-order valence-electron chi connectivity index (χ2n) is 4.98. The second kappa shape index (κ2) is 4.85. The lowest BCUT2D eigenvalue weighted by Gasteiger charge is -2.21. The van der Waals surface area contributed by atoms with Gasteiger partial charge in [-0.1, -0.05) is 18.2 Å². The molecule has 1 saturated heterocycles. The van der Waals surface area contributed by atoms with Crippen molar-refractivity contribution < 1.29 is 4.79 Å². The van der Waals surface area contributed by atoms with Crippen LogP contribution in [-0.4, -0.2) is 26.1 Å². The van der Waals surface area contributed by atoms with Gasteiger partial charge in [-0.25, -0.2) is 4.68 Å². The van der Waals surface area contributed by atoms with Crippen molar-refractivity contribution in [1.82, 2.24) is 9.78 Å². The zero-order valence-corrected chi connectivity index (χ0v) is 11.7. The molecule has 1 unspecified atom stereocenters. The molecule has 0 aliphatic carbocycles. The van der Waals surface area contributed by atoms with Gasteiger partial charge >= 0.3 is 0 Å². The highest BCUT2D eigenvalue weighted by Crippen LogP contribution is 2.40. The standard InChI is InChI=1S/C15H16N2OS/c1-15(9-5-11-19-15)14(18)13-8-10-16-17(13)12-6-3-2-4-7-12/h2-4,6-8,10H,5,9,11H2,1H3. The van der Waals surface area contributed by atoms with Gasteiger partial charge in [0, 0.05) is 0 Å². The Balaban J connectivity index is 1.99. The third kappa shape index (κ3) is 2.21. The first kappa shape index (κ1) is 12.5. The largest absolute Gasteiger partial charge is 0.291 e. The van der Waals surface area contributed by atoms with E-state index in [9.17, 15) is 4.79 Å². The number of ketones is 1. The Morgan fingerprint density at radius 3 is 2.79 bits per heavy atom. The lowest BCUT2D eigenvalue weighted by atomic mass is 9.98. The third-order valence-corrected chi connectivity index (χ3v) is 5.09. The van der Waals surface area contributed by atoms with Crippen LogP contribution in [0.3, 0.4) is 0 Å². The minimum atomic E-state index is -0.285. The van der Waals surface area contributed by atoms with Gasteiger partial charge in [-0.15, -0.1) is 11.8 Å². The van der Waals surface area contributed by atoms with Gasteiger partial charge in [0.25, 0.3) is 0 Å². The summed E-state index contributed by atoms with van der Waals surface area (Å²) >= 11 is 1.76. The highest BCUT2D eigenvalue weighted by atomic mass is 32.2. The summed E-state index contributed by atoms with van der Waals surface area (Å²) < 4.78 is 1.46. The number of nitrogens with zero attached hydrogens (tertiary/aromatic N) is 2. The fraction of sp³-hybridized carbons (Fsp3) is 0.333. The Hall–Kier alpha value is -1.55. The van der Waals surface area contributed by atoms with Gasteiger partial charge in [0.1, 0.15) is 5.69 Å². The van der Waals surface area contributed by atoms with E-state index in [1.165, 1.54) is 0 Å². The second-order valence-corrected chi connectivity index (χ2v) is 6.57. The van der Waals surface area contributed by atoms with E-state index in [-0.39, 0.29) is 10.5 Å². The number of hydrogen-bond donors (Lipinski definition) is 0. The summed E-state index contributed by atoms with van der Waals surface area (Å²) in [6, 6.07) is 11.6. The third-order valence-electron chi connectivity index (χ3n) is 3.58. The van der Waals surface area contributed by atoms with Gasteiger partial charge in [0.15, 0.2) is 5.78 Å². The SMILES string of the molecule is CC1(C(=O)c2ccnn2-c2ccccc2)CCCS1. The van der Waals surface area contributed by atoms with Crippen LogP contribution in [0.2, 0.25) is 0 Å². The number of Topliss-reactive ketones (excluding diaryl/α,β-unsaturated/α-hetero) is 1. The molecule has 4 heteroatoms. The summed E-state index contributed by atoms with van der Waals surface area (Å²) in [6.45, 7) is 2.05. The molecule has 3 nitrogen and oxygen atoms in total. The maximum atomic E-state index is 12.7. The van der Waals surface area contributed by atoms with Crippen molar-refractivity contribution >= 4 is 17.5 Å². The molecule has 0 amide bonds. The Kier molecular flexibility index (Phi) is 3.19. The number of hydrogen-bond acceptors (Lipinski definition) is 3. The summed E-state index contributed by atoms with van der Waals surface area (Å²) in [5.74, 6) is 1.26. The normalized spacial score (nSPS) is 22.6. The minimum absolute atomic E-state index is 0.191. The fourth-order valence-corrected chi connectivity index (χ4v) is 3.74. The van der Waals surface area contributed by atoms with Crippen LogP contribution in [0.1, 0.15) is 30.3 Å². The molecule has 98 valence electrons. The molecule has 1 aromatic heterocycles. The van der Waals surface area contributed by atoms with E-state index in [2.05, 4.69) is 12.0 Å². The first-order valence-corrected chi connectivity index (χ1v) is 7.47. The van der Waals surface area contributed by atoms with Crippen LogP contribution in [0.4, 0.5) is 0 Å². The quantitative estimate of drug-likeness (QED) is 0.804. The van der Waals surface area contributed by atoms with Crippen LogP contribution < -0.4 is 0 Å². The molecular weight excluding hydrogens is 256 g/mol. The first-order chi connectivity index (χ1) is 9.21. The van der Waals surface area contributed by atoms with E-state index in [1.54, 1.807) is 22.6 Å². The highest BCUT2D eigenvalue weighted by molar-refractivity contribution is 8.01. The van der Waals surface area contributed by atoms with E-state index in [0.29, 0.717) is 5.69 Å². The number of benzene rings is 1. The molecule has 1 fully saturated rings. The molecule has 0 bridgehead atoms. The average Bonchev–Trinajstić information content (AvgIpc) is 3.08. The van der Waals surface area contributed by atoms with E-state index in [4.69, 9.17) is 0 Å². The average molecular weight is 272 g/mol. The Labute approximate surface area is 117 Å². The Morgan fingerprint density at radius 2 is 2.11 bits per heavy atom. The van der Waals surface area contributed by atoms with Gasteiger partial charge in [-0.2, -0.15) is 5.10 Å². The van der Waals surface area contributed by atoms with E-state index < -0.39 is 0 Å². The summed E-state index contributed by atoms with van der Waals surface area (Å²) in [7, 11) is 0. The number of carbonyl (C=O) groups excluding carboxylic acids is 1. The lowest BCUT2D eigenvalue weighted by molar-refractivity contribution is 0.0941. The van der Waals surface area contributed by atoms with Crippen molar-refractivity contribution in [2.45, 2.75) is 24.5 Å². The maximum Gasteiger partial charge on any atom is 0.196 e. The number of thioether (sulfide) groups is 1. The summed E-state index contributed by atoms with van der Waals surface area (Å²) in [6.07, 6.45) is 3.77. The van der Waals surface area contributed by atoms with Crippen LogP contribution >= 0.6 is 11.8 Å². The topological polar surface area (TPSA) is 34.9 Å². The molecule has 1 atom stereocenters. The van der Waals surface area contributed by atoms with Gasteiger partial charge < -0.3 is 0 Å². The lowest BCUT2D eigenvalue weighted by Crippen LogP contribution is -2.30. The molecule has 2 aromatic rings. The fourth-order valence-electron chi connectivity index (χ4n) is 2.48. The molecule has 2 heterocycles. The monoisotopic (exact) mass is 272 g/mol. The van der Waals surface area contributed by atoms with Gasteiger partial charge in [-0.3, -0.25) is 4.79 Å². The summed E-state index contributed by atoms with van der Waals surface area (Å²) in [4.78, 5) is 12.7. The molecular formula is C15H16N2OS. The van der Waals surface area contributed by atoms with E-state index >= 15 is 0 Å². The number of para-hydroxylation sites is 1. The van der Waals surface area contributed by atoms with Crippen molar-refractivity contribution in [3.8, 4) is 5.69 Å². The minimum Gasteiger partial charge on any atom is -0.291 e. The van der Waals surface area contributed by atoms with Crippen LogP contribution in [0, 0.1) is 0 Å². The first-order valence-electron chi connectivity index (χ1n) is 6.49. The van der Waals surface area contributed by atoms with Crippen LogP contribution in [0.5, 0.6) is 0 Å². The maximum absolute atomic E-state index is 12.7. The van der Waals surface area contributed by atoms with Crippen molar-refractivity contribution in [1.29, 1.82) is 0 Å². The van der Waals surface area contributed by atoms with Crippen LogP contribution in [0.15, 0.2) is 42.6 Å². The number of aromatic nitrogens is 2. The molecule has 19 heavy (non-hydrogen) atoms. The smallest absolute Gasteiger partial charge is 0.196 e. The molecule has 1 aliphatic rings. The molecule has 3 rings (SSSR count). The van der Waals surface area contributed by atoms with Gasteiger partial charge in [-0.05, 0) is 43.7 Å². The van der Waals surface area contributed by atoms with Crippen LogP contribution in [-0.2, 0) is 0 Å². The molecule has 0 saturated carbocycles. The zero-order valence-electron chi connectivity index (χ0n) is 10.9. The Morgan fingerprint density at radius 1 is 1.32 bits per heavy atom. The van der Waals surface area contributed by atoms with E-state index in [0.717, 1.165) is 24.3 Å². The molecule has 0 spiro atoms. The van der Waals surface area contributed by atoms with Gasteiger partial charge in [0.05, 0.1) is 16.6 Å². The zero-order chi connectivity index (χ0) is 13.3. The molecule has 1 aromatic carbocycles. The molecule has 0 N–H and O–H groups in total. The number of carbonyl (C=O) groups is 1. The Bertz CT molecular complexity index is 585. The highest BCUT2D eigenvalue weighted by Gasteiger charge is 2.39. The van der Waals surface area contributed by atoms with Crippen molar-refractivity contribution in [2.75, 3.05) is 5.75 Å². The predicted molar refractivity (Wildman–Crippen MR) is 78.0 cm³/mol. The van der Waals surface area contributed by atoms with Crippen molar-refractivity contribution in [3.63, 3.8) is 0 Å². The molecule has 1 aliphatic heterocycles. The van der Waals surface area contributed by atoms with E-state index in [1.807, 2.05) is 36.4 Å².